The van der Waals surface area contributed by atoms with E-state index in [4.69, 9.17) is 0 Å². The molecule has 2 aliphatic rings. The van der Waals surface area contributed by atoms with Gasteiger partial charge in [-0.2, -0.15) is 0 Å². The summed E-state index contributed by atoms with van der Waals surface area (Å²) in [6.07, 6.45) is 6.13. The molecule has 1 unspecified atom stereocenters. The number of carbonyl (C=O) groups excluding carboxylic acids is 1. The normalized spacial score (nSPS) is 25.3. The number of amides is 1. The van der Waals surface area contributed by atoms with Gasteiger partial charge in [0.25, 0.3) is 0 Å². The fourth-order valence-corrected chi connectivity index (χ4v) is 3.53. The van der Waals surface area contributed by atoms with Crippen LogP contribution in [0.25, 0.3) is 0 Å². The Bertz CT molecular complexity index is 634. The first-order valence-electron chi connectivity index (χ1n) is 6.70. The summed E-state index contributed by atoms with van der Waals surface area (Å²) in [6.45, 7) is 0.791. The first kappa shape index (κ1) is 10.8. The molecule has 4 rings (SSSR count). The number of rotatable bonds is 1. The molecule has 3 heterocycles. The third kappa shape index (κ3) is 1.28. The predicted molar refractivity (Wildman–Crippen MR) is 70.4 cm³/mol. The summed E-state index contributed by atoms with van der Waals surface area (Å²) < 4.78 is 2.19. The molecule has 2 aromatic rings. The molecule has 0 aliphatic carbocycles. The zero-order valence-corrected chi connectivity index (χ0v) is 10.6. The van der Waals surface area contributed by atoms with Crippen molar-refractivity contribution in [2.45, 2.75) is 24.9 Å². The minimum Gasteiger partial charge on any atom is -0.315 e. The van der Waals surface area contributed by atoms with E-state index in [1.165, 1.54) is 11.3 Å². The van der Waals surface area contributed by atoms with Gasteiger partial charge < -0.3 is 9.47 Å². The number of carbonyl (C=O) groups is 1. The number of nitrogens with zero attached hydrogens (tertiary/aromatic N) is 3. The summed E-state index contributed by atoms with van der Waals surface area (Å²) in [4.78, 5) is 18.5. The zero-order valence-electron chi connectivity index (χ0n) is 10.6. The summed E-state index contributed by atoms with van der Waals surface area (Å²) in [5.74, 6) is 0.253. The number of hydrogen-bond donors (Lipinski definition) is 0. The van der Waals surface area contributed by atoms with Crippen LogP contribution in [0.3, 0.4) is 0 Å². The monoisotopic (exact) mass is 253 g/mol. The summed E-state index contributed by atoms with van der Waals surface area (Å²) in [5.41, 5.74) is 2.05. The number of benzene rings is 1. The average Bonchev–Trinajstić information content (AvgIpc) is 3.05. The van der Waals surface area contributed by atoms with E-state index in [0.29, 0.717) is 6.42 Å². The van der Waals surface area contributed by atoms with E-state index in [1.54, 1.807) is 0 Å². The van der Waals surface area contributed by atoms with Crippen molar-refractivity contribution in [2.24, 2.45) is 0 Å². The third-order valence-corrected chi connectivity index (χ3v) is 4.38. The van der Waals surface area contributed by atoms with E-state index in [2.05, 4.69) is 21.7 Å². The number of aromatic nitrogens is 2. The smallest absolute Gasteiger partial charge is 0.224 e. The lowest BCUT2D eigenvalue weighted by molar-refractivity contribution is -0.133. The van der Waals surface area contributed by atoms with Crippen molar-refractivity contribution in [3.63, 3.8) is 0 Å². The van der Waals surface area contributed by atoms with E-state index in [0.717, 1.165) is 19.4 Å². The lowest BCUT2D eigenvalue weighted by Gasteiger charge is -2.44. The highest BCUT2D eigenvalue weighted by atomic mass is 16.2. The molecule has 4 heteroatoms. The molecule has 1 aromatic heterocycles. The van der Waals surface area contributed by atoms with Crippen molar-refractivity contribution in [3.05, 3.63) is 54.1 Å². The Morgan fingerprint density at radius 3 is 2.84 bits per heavy atom. The second-order valence-corrected chi connectivity index (χ2v) is 5.23. The van der Waals surface area contributed by atoms with Crippen LogP contribution in [0.2, 0.25) is 0 Å². The average molecular weight is 253 g/mol. The standard InChI is InChI=1S/C15H15N3O/c19-14-6-8-15(12-4-2-1-3-5-12)17(14)9-7-13-10-16-11-18(13)15/h1-5,10-11H,6-9H2. The van der Waals surface area contributed by atoms with Crippen LogP contribution in [0.4, 0.5) is 0 Å². The number of hydrogen-bond acceptors (Lipinski definition) is 2. The molecule has 1 fully saturated rings. The van der Waals surface area contributed by atoms with Crippen molar-refractivity contribution in [1.29, 1.82) is 0 Å². The lowest BCUT2D eigenvalue weighted by atomic mass is 9.93. The van der Waals surface area contributed by atoms with Gasteiger partial charge >= 0.3 is 0 Å². The molecule has 0 radical (unpaired) electrons. The Morgan fingerprint density at radius 1 is 1.16 bits per heavy atom. The predicted octanol–water partition coefficient (Wildman–Crippen LogP) is 1.76. The second kappa shape index (κ2) is 3.70. The van der Waals surface area contributed by atoms with Gasteiger partial charge in [-0.1, -0.05) is 30.3 Å². The molecule has 4 nitrogen and oxygen atoms in total. The molecule has 0 saturated carbocycles. The van der Waals surface area contributed by atoms with Crippen molar-refractivity contribution < 1.29 is 4.79 Å². The van der Waals surface area contributed by atoms with Gasteiger partial charge in [-0.3, -0.25) is 4.79 Å². The van der Waals surface area contributed by atoms with Crippen molar-refractivity contribution in [3.8, 4) is 0 Å². The molecule has 0 bridgehead atoms. The number of imidazole rings is 1. The maximum atomic E-state index is 12.2. The molecule has 1 aromatic carbocycles. The van der Waals surface area contributed by atoms with Gasteiger partial charge in [-0.15, -0.1) is 0 Å². The minimum atomic E-state index is -0.345. The van der Waals surface area contributed by atoms with Gasteiger partial charge in [-0.25, -0.2) is 4.98 Å². The molecule has 1 atom stereocenters. The molecule has 1 amide bonds. The highest BCUT2D eigenvalue weighted by Gasteiger charge is 2.50. The van der Waals surface area contributed by atoms with Gasteiger partial charge in [0.2, 0.25) is 5.91 Å². The molecule has 2 aliphatic heterocycles. The SMILES string of the molecule is O=C1CCC2(c3ccccc3)N1CCc1cncn12. The minimum absolute atomic E-state index is 0.253. The summed E-state index contributed by atoms with van der Waals surface area (Å²) in [5, 5.41) is 0. The van der Waals surface area contributed by atoms with Crippen LogP contribution in [-0.4, -0.2) is 26.9 Å². The van der Waals surface area contributed by atoms with Crippen molar-refractivity contribution in [1.82, 2.24) is 14.5 Å². The van der Waals surface area contributed by atoms with Crippen LogP contribution in [0, 0.1) is 0 Å². The highest BCUT2D eigenvalue weighted by molar-refractivity contribution is 5.80. The topological polar surface area (TPSA) is 38.1 Å². The largest absolute Gasteiger partial charge is 0.315 e. The molecule has 96 valence electrons. The van der Waals surface area contributed by atoms with Gasteiger partial charge in [0.05, 0.1) is 6.33 Å². The molecule has 0 N–H and O–H groups in total. The van der Waals surface area contributed by atoms with Crippen LogP contribution >= 0.6 is 0 Å². The summed E-state index contributed by atoms with van der Waals surface area (Å²) >= 11 is 0. The van der Waals surface area contributed by atoms with E-state index < -0.39 is 0 Å². The van der Waals surface area contributed by atoms with Crippen molar-refractivity contribution >= 4 is 5.91 Å². The molecule has 1 saturated heterocycles. The molecular weight excluding hydrogens is 238 g/mol. The summed E-state index contributed by atoms with van der Waals surface area (Å²) in [7, 11) is 0. The van der Waals surface area contributed by atoms with Crippen LogP contribution in [0.1, 0.15) is 24.1 Å². The van der Waals surface area contributed by atoms with E-state index >= 15 is 0 Å². The lowest BCUT2D eigenvalue weighted by Crippen LogP contribution is -2.53. The Hall–Kier alpha value is -2.10. The van der Waals surface area contributed by atoms with Crippen LogP contribution in [0.15, 0.2) is 42.9 Å². The Balaban J connectivity index is 1.99. The fourth-order valence-electron chi connectivity index (χ4n) is 3.53. The third-order valence-electron chi connectivity index (χ3n) is 4.38. The van der Waals surface area contributed by atoms with Crippen molar-refractivity contribution in [2.75, 3.05) is 6.54 Å². The first-order chi connectivity index (χ1) is 9.32. The maximum absolute atomic E-state index is 12.2. The van der Waals surface area contributed by atoms with Gasteiger partial charge in [0.15, 0.2) is 0 Å². The van der Waals surface area contributed by atoms with E-state index in [-0.39, 0.29) is 11.6 Å². The highest BCUT2D eigenvalue weighted by Crippen LogP contribution is 2.43. The molecule has 19 heavy (non-hydrogen) atoms. The Morgan fingerprint density at radius 2 is 2.00 bits per heavy atom. The quantitative estimate of drug-likeness (QED) is 0.776. The molecular formula is C15H15N3O. The fraction of sp³-hybridized carbons (Fsp3) is 0.333. The Kier molecular flexibility index (Phi) is 2.10. The summed E-state index contributed by atoms with van der Waals surface area (Å²) in [6, 6.07) is 10.3. The van der Waals surface area contributed by atoms with Gasteiger partial charge in [0, 0.05) is 37.7 Å². The van der Waals surface area contributed by atoms with Gasteiger partial charge in [0.1, 0.15) is 5.66 Å². The van der Waals surface area contributed by atoms with E-state index in [9.17, 15) is 4.79 Å². The molecule has 0 spiro atoms. The zero-order chi connectivity index (χ0) is 12.9. The second-order valence-electron chi connectivity index (χ2n) is 5.23. The Labute approximate surface area is 111 Å². The number of fused-ring (bicyclic) bond motifs is 3. The first-order valence-corrected chi connectivity index (χ1v) is 6.70. The maximum Gasteiger partial charge on any atom is 0.224 e. The van der Waals surface area contributed by atoms with Crippen LogP contribution < -0.4 is 0 Å². The van der Waals surface area contributed by atoms with E-state index in [1.807, 2.05) is 35.6 Å². The van der Waals surface area contributed by atoms with Gasteiger partial charge in [-0.05, 0) is 5.56 Å². The van der Waals surface area contributed by atoms with Crippen LogP contribution in [0.5, 0.6) is 0 Å². The van der Waals surface area contributed by atoms with Crippen LogP contribution in [-0.2, 0) is 16.9 Å².